The highest BCUT2D eigenvalue weighted by Gasteiger charge is 2.15. The molecule has 2 heteroatoms. The molecule has 0 saturated heterocycles. The molecule has 0 amide bonds. The summed E-state index contributed by atoms with van der Waals surface area (Å²) in [5.74, 6) is 0. The number of furan rings is 2. The molecule has 194 valence electrons. The molecule has 2 aromatic heterocycles. The Morgan fingerprint density at radius 2 is 1.17 bits per heavy atom. The summed E-state index contributed by atoms with van der Waals surface area (Å²) in [4.78, 5) is 0. The van der Waals surface area contributed by atoms with E-state index >= 15 is 0 Å². The van der Waals surface area contributed by atoms with Gasteiger partial charge < -0.3 is 8.83 Å². The fourth-order valence-electron chi connectivity index (χ4n) is 6.76. The molecule has 0 unspecified atom stereocenters. The molecule has 2 nitrogen and oxygen atoms in total. The molecule has 41 heavy (non-hydrogen) atoms. The van der Waals surface area contributed by atoms with Crippen molar-refractivity contribution in [1.82, 2.24) is 0 Å². The van der Waals surface area contributed by atoms with Crippen LogP contribution in [0.15, 0.2) is 118 Å². The molecule has 0 saturated carbocycles. The van der Waals surface area contributed by atoms with Gasteiger partial charge in [0, 0.05) is 26.9 Å². The molecule has 0 aliphatic heterocycles. The third-order valence-electron chi connectivity index (χ3n) is 8.79. The SMILES string of the molecule is Cc1ccc2c(c1)oc1c3ccc(Cc4ccc5c(c4)oc4cc(C)c6cc7ccccc7cc6c45)cc3ccc21. The summed E-state index contributed by atoms with van der Waals surface area (Å²) in [6.45, 7) is 4.28. The van der Waals surface area contributed by atoms with Crippen LogP contribution in [0.25, 0.3) is 76.2 Å². The molecule has 9 aromatic rings. The van der Waals surface area contributed by atoms with Crippen LogP contribution < -0.4 is 0 Å². The zero-order valence-corrected chi connectivity index (χ0v) is 22.9. The minimum absolute atomic E-state index is 0.838. The average Bonchev–Trinajstić information content (AvgIpc) is 3.53. The number of rotatable bonds is 2. The molecule has 0 atom stereocenters. The second-order valence-electron chi connectivity index (χ2n) is 11.5. The molecule has 9 rings (SSSR count). The van der Waals surface area contributed by atoms with Gasteiger partial charge in [0.1, 0.15) is 22.3 Å². The van der Waals surface area contributed by atoms with Crippen molar-refractivity contribution in [1.29, 1.82) is 0 Å². The number of hydrogen-bond acceptors (Lipinski definition) is 2. The number of aryl methyl sites for hydroxylation is 2. The molecule has 0 radical (unpaired) electrons. The van der Waals surface area contributed by atoms with Crippen LogP contribution in [0.1, 0.15) is 22.3 Å². The topological polar surface area (TPSA) is 26.3 Å². The van der Waals surface area contributed by atoms with Crippen molar-refractivity contribution in [2.45, 2.75) is 20.3 Å². The highest BCUT2D eigenvalue weighted by atomic mass is 16.3. The molecule has 0 spiro atoms. The number of benzene rings is 7. The first-order valence-corrected chi connectivity index (χ1v) is 14.2. The van der Waals surface area contributed by atoms with Gasteiger partial charge in [-0.2, -0.15) is 0 Å². The van der Waals surface area contributed by atoms with E-state index in [1.807, 2.05) is 0 Å². The summed E-state index contributed by atoms with van der Waals surface area (Å²) in [6.07, 6.45) is 0.838. The van der Waals surface area contributed by atoms with E-state index in [1.165, 1.54) is 70.7 Å². The fraction of sp³-hybridized carbons (Fsp3) is 0.0769. The van der Waals surface area contributed by atoms with Gasteiger partial charge in [-0.3, -0.25) is 0 Å². The van der Waals surface area contributed by atoms with E-state index in [1.54, 1.807) is 0 Å². The van der Waals surface area contributed by atoms with Crippen LogP contribution in [0.3, 0.4) is 0 Å². The van der Waals surface area contributed by atoms with Gasteiger partial charge in [0.05, 0.1) is 0 Å². The number of hydrogen-bond donors (Lipinski definition) is 0. The Bertz CT molecular complexity index is 2520. The lowest BCUT2D eigenvalue weighted by atomic mass is 9.95. The van der Waals surface area contributed by atoms with Gasteiger partial charge in [0.25, 0.3) is 0 Å². The lowest BCUT2D eigenvalue weighted by Crippen LogP contribution is -1.88. The van der Waals surface area contributed by atoms with E-state index in [0.29, 0.717) is 0 Å². The van der Waals surface area contributed by atoms with E-state index in [4.69, 9.17) is 8.83 Å². The molecule has 0 aliphatic carbocycles. The Morgan fingerprint density at radius 3 is 2.02 bits per heavy atom. The van der Waals surface area contributed by atoms with E-state index in [0.717, 1.165) is 34.1 Å². The molecule has 0 N–H and O–H groups in total. The van der Waals surface area contributed by atoms with Crippen molar-refractivity contribution in [3.05, 3.63) is 131 Å². The van der Waals surface area contributed by atoms with Crippen LogP contribution in [0.5, 0.6) is 0 Å². The maximum absolute atomic E-state index is 6.48. The average molecular weight is 527 g/mol. The summed E-state index contributed by atoms with van der Waals surface area (Å²) in [7, 11) is 0. The van der Waals surface area contributed by atoms with E-state index in [-0.39, 0.29) is 0 Å². The summed E-state index contributed by atoms with van der Waals surface area (Å²) in [5.41, 5.74) is 8.77. The van der Waals surface area contributed by atoms with Crippen molar-refractivity contribution in [3.8, 4) is 0 Å². The third kappa shape index (κ3) is 3.37. The minimum atomic E-state index is 0.838. The Morgan fingerprint density at radius 1 is 0.463 bits per heavy atom. The quantitative estimate of drug-likeness (QED) is 0.209. The predicted octanol–water partition coefficient (Wildman–Crippen LogP) is 11.2. The molecule has 0 aliphatic rings. The van der Waals surface area contributed by atoms with Crippen molar-refractivity contribution in [3.63, 3.8) is 0 Å². The van der Waals surface area contributed by atoms with Crippen LogP contribution in [0, 0.1) is 13.8 Å². The fourth-order valence-corrected chi connectivity index (χ4v) is 6.76. The highest BCUT2D eigenvalue weighted by molar-refractivity contribution is 6.21. The van der Waals surface area contributed by atoms with Gasteiger partial charge in [0.2, 0.25) is 0 Å². The molecular formula is C39H26O2. The van der Waals surface area contributed by atoms with Crippen LogP contribution >= 0.6 is 0 Å². The van der Waals surface area contributed by atoms with Crippen molar-refractivity contribution < 1.29 is 8.83 Å². The molecule has 7 aromatic carbocycles. The van der Waals surface area contributed by atoms with Gasteiger partial charge in [0.15, 0.2) is 0 Å². The second kappa shape index (κ2) is 8.22. The highest BCUT2D eigenvalue weighted by Crippen LogP contribution is 2.39. The van der Waals surface area contributed by atoms with Crippen LogP contribution in [-0.4, -0.2) is 0 Å². The zero-order chi connectivity index (χ0) is 27.2. The van der Waals surface area contributed by atoms with Gasteiger partial charge in [-0.25, -0.2) is 0 Å². The zero-order valence-electron chi connectivity index (χ0n) is 22.9. The summed E-state index contributed by atoms with van der Waals surface area (Å²) in [6, 6.07) is 39.7. The van der Waals surface area contributed by atoms with Gasteiger partial charge in [-0.05, 0) is 106 Å². The van der Waals surface area contributed by atoms with Crippen molar-refractivity contribution >= 4 is 76.2 Å². The summed E-state index contributed by atoms with van der Waals surface area (Å²) < 4.78 is 12.8. The van der Waals surface area contributed by atoms with Crippen LogP contribution in [-0.2, 0) is 6.42 Å². The van der Waals surface area contributed by atoms with Crippen molar-refractivity contribution in [2.75, 3.05) is 0 Å². The largest absolute Gasteiger partial charge is 0.456 e. The molecule has 0 fully saturated rings. The third-order valence-corrected chi connectivity index (χ3v) is 8.79. The van der Waals surface area contributed by atoms with E-state index in [2.05, 4.69) is 123 Å². The Kier molecular flexibility index (Phi) is 4.55. The van der Waals surface area contributed by atoms with E-state index < -0.39 is 0 Å². The standard InChI is InChI=1S/C39H26O2/c1-22-7-11-30-31-14-10-28-18-24(8-12-29(28)39(31)41-35(30)15-22)17-25-9-13-32-36(19-25)40-37-16-23(2)33-20-26-5-3-4-6-27(26)21-34(33)38(32)37/h3-16,18-21H,17H2,1-2H3. The maximum Gasteiger partial charge on any atom is 0.143 e. The first-order chi connectivity index (χ1) is 20.1. The Balaban J connectivity index is 1.14. The normalized spacial score (nSPS) is 12.2. The van der Waals surface area contributed by atoms with Gasteiger partial charge >= 0.3 is 0 Å². The Labute approximate surface area is 236 Å². The summed E-state index contributed by atoms with van der Waals surface area (Å²) >= 11 is 0. The first-order valence-electron chi connectivity index (χ1n) is 14.2. The maximum atomic E-state index is 6.48. The monoisotopic (exact) mass is 526 g/mol. The lowest BCUT2D eigenvalue weighted by molar-refractivity contribution is 0.668. The van der Waals surface area contributed by atoms with Crippen LogP contribution in [0.2, 0.25) is 0 Å². The molecular weight excluding hydrogens is 500 g/mol. The van der Waals surface area contributed by atoms with Crippen LogP contribution in [0.4, 0.5) is 0 Å². The number of fused-ring (bicyclic) bond motifs is 11. The van der Waals surface area contributed by atoms with Crippen molar-refractivity contribution in [2.24, 2.45) is 0 Å². The first kappa shape index (κ1) is 22.7. The smallest absolute Gasteiger partial charge is 0.143 e. The lowest BCUT2D eigenvalue weighted by Gasteiger charge is -2.07. The summed E-state index contributed by atoms with van der Waals surface area (Å²) in [5, 5.41) is 12.1. The second-order valence-corrected chi connectivity index (χ2v) is 11.5. The Hall–Kier alpha value is -5.08. The van der Waals surface area contributed by atoms with Gasteiger partial charge in [-0.15, -0.1) is 0 Å². The minimum Gasteiger partial charge on any atom is -0.456 e. The van der Waals surface area contributed by atoms with E-state index in [9.17, 15) is 0 Å². The molecule has 0 bridgehead atoms. The predicted molar refractivity (Wildman–Crippen MR) is 172 cm³/mol. The van der Waals surface area contributed by atoms with Gasteiger partial charge in [-0.1, -0.05) is 72.8 Å². The molecule has 2 heterocycles.